The summed E-state index contributed by atoms with van der Waals surface area (Å²) in [6.07, 6.45) is 0.963. The molecule has 0 spiro atoms. The molecule has 1 aliphatic rings. The lowest BCUT2D eigenvalue weighted by Gasteiger charge is -2.28. The maximum absolute atomic E-state index is 9.44. The molecule has 2 N–H and O–H groups in total. The average Bonchev–Trinajstić information content (AvgIpc) is 2.53. The first kappa shape index (κ1) is 13.8. The lowest BCUT2D eigenvalue weighted by molar-refractivity contribution is 0.353. The lowest BCUT2D eigenvalue weighted by atomic mass is 9.89. The van der Waals surface area contributed by atoms with Gasteiger partial charge in [0.05, 0.1) is 20.3 Å². The minimum Gasteiger partial charge on any atom is -0.508 e. The standard InChI is InChI=1S/C17H19NO3/c1-20-15-9-12-7-8-18-17(14(12)10-16(15)21-2)11-3-5-13(19)6-4-11/h3-6,9-10,17-19H,7-8H2,1-2H3/t17-/m1/s1. The van der Waals surface area contributed by atoms with Gasteiger partial charge in [-0.2, -0.15) is 0 Å². The minimum absolute atomic E-state index is 0.106. The summed E-state index contributed by atoms with van der Waals surface area (Å²) in [5.41, 5.74) is 3.59. The average molecular weight is 285 g/mol. The minimum atomic E-state index is 0.106. The number of ether oxygens (including phenoxy) is 2. The van der Waals surface area contributed by atoms with Gasteiger partial charge in [0.25, 0.3) is 0 Å². The normalized spacial score (nSPS) is 17.1. The topological polar surface area (TPSA) is 50.7 Å². The van der Waals surface area contributed by atoms with Gasteiger partial charge in [-0.15, -0.1) is 0 Å². The zero-order valence-electron chi connectivity index (χ0n) is 12.2. The highest BCUT2D eigenvalue weighted by atomic mass is 16.5. The van der Waals surface area contributed by atoms with Crippen LogP contribution in [0, 0.1) is 0 Å². The number of methoxy groups -OCH3 is 2. The summed E-state index contributed by atoms with van der Waals surface area (Å²) in [6, 6.07) is 11.5. The summed E-state index contributed by atoms with van der Waals surface area (Å²) < 4.78 is 10.8. The van der Waals surface area contributed by atoms with Gasteiger partial charge in [0, 0.05) is 6.54 Å². The van der Waals surface area contributed by atoms with E-state index in [-0.39, 0.29) is 11.8 Å². The highest BCUT2D eigenvalue weighted by Crippen LogP contribution is 2.37. The first-order chi connectivity index (χ1) is 10.2. The van der Waals surface area contributed by atoms with Crippen molar-refractivity contribution in [1.29, 1.82) is 0 Å². The van der Waals surface area contributed by atoms with Crippen LogP contribution >= 0.6 is 0 Å². The van der Waals surface area contributed by atoms with Crippen LogP contribution in [0.15, 0.2) is 36.4 Å². The monoisotopic (exact) mass is 285 g/mol. The molecule has 0 saturated carbocycles. The summed E-state index contributed by atoms with van der Waals surface area (Å²) in [7, 11) is 3.30. The Balaban J connectivity index is 2.06. The van der Waals surface area contributed by atoms with Crippen LogP contribution in [0.5, 0.6) is 17.2 Å². The molecular formula is C17H19NO3. The predicted molar refractivity (Wildman–Crippen MR) is 81.2 cm³/mol. The van der Waals surface area contributed by atoms with Crippen molar-refractivity contribution < 1.29 is 14.6 Å². The molecule has 4 heteroatoms. The Morgan fingerprint density at radius 1 is 1.05 bits per heavy atom. The largest absolute Gasteiger partial charge is 0.508 e. The van der Waals surface area contributed by atoms with Gasteiger partial charge in [0.15, 0.2) is 11.5 Å². The van der Waals surface area contributed by atoms with E-state index in [1.807, 2.05) is 18.2 Å². The smallest absolute Gasteiger partial charge is 0.161 e. The Morgan fingerprint density at radius 2 is 1.71 bits per heavy atom. The molecule has 110 valence electrons. The van der Waals surface area contributed by atoms with Crippen molar-refractivity contribution in [1.82, 2.24) is 5.32 Å². The van der Waals surface area contributed by atoms with E-state index in [1.165, 1.54) is 11.1 Å². The number of aromatic hydroxyl groups is 1. The summed E-state index contributed by atoms with van der Waals surface area (Å²) in [4.78, 5) is 0. The van der Waals surface area contributed by atoms with E-state index in [4.69, 9.17) is 9.47 Å². The van der Waals surface area contributed by atoms with Crippen LogP contribution in [0.1, 0.15) is 22.7 Å². The molecule has 0 amide bonds. The third kappa shape index (κ3) is 2.54. The molecule has 2 aromatic rings. The Bertz CT molecular complexity index is 637. The molecule has 3 rings (SSSR count). The zero-order valence-corrected chi connectivity index (χ0v) is 12.2. The molecule has 4 nitrogen and oxygen atoms in total. The number of phenolic OH excluding ortho intramolecular Hbond substituents is 1. The molecular weight excluding hydrogens is 266 g/mol. The van der Waals surface area contributed by atoms with Crippen LogP contribution in [0.25, 0.3) is 0 Å². The number of benzene rings is 2. The molecule has 0 bridgehead atoms. The van der Waals surface area contributed by atoms with E-state index in [9.17, 15) is 5.11 Å². The summed E-state index contributed by atoms with van der Waals surface area (Å²) in [6.45, 7) is 0.911. The van der Waals surface area contributed by atoms with Gasteiger partial charge in [-0.25, -0.2) is 0 Å². The van der Waals surface area contributed by atoms with Crippen molar-refractivity contribution in [2.45, 2.75) is 12.5 Å². The molecule has 1 heterocycles. The molecule has 0 aromatic heterocycles. The van der Waals surface area contributed by atoms with Crippen molar-refractivity contribution in [3.05, 3.63) is 53.1 Å². The van der Waals surface area contributed by atoms with E-state index < -0.39 is 0 Å². The molecule has 0 radical (unpaired) electrons. The Labute approximate surface area is 124 Å². The maximum Gasteiger partial charge on any atom is 0.161 e. The van der Waals surface area contributed by atoms with Gasteiger partial charge in [-0.3, -0.25) is 0 Å². The quantitative estimate of drug-likeness (QED) is 0.910. The fraction of sp³-hybridized carbons (Fsp3) is 0.294. The number of rotatable bonds is 3. The van der Waals surface area contributed by atoms with Gasteiger partial charge in [0.2, 0.25) is 0 Å². The molecule has 21 heavy (non-hydrogen) atoms. The Morgan fingerprint density at radius 3 is 2.38 bits per heavy atom. The molecule has 2 aromatic carbocycles. The molecule has 1 aliphatic heterocycles. The van der Waals surface area contributed by atoms with Crippen molar-refractivity contribution in [2.24, 2.45) is 0 Å². The highest BCUT2D eigenvalue weighted by Gasteiger charge is 2.23. The Hall–Kier alpha value is -2.20. The van der Waals surface area contributed by atoms with Crippen LogP contribution in [-0.2, 0) is 6.42 Å². The number of phenols is 1. The third-order valence-electron chi connectivity index (χ3n) is 3.93. The van der Waals surface area contributed by atoms with Crippen molar-refractivity contribution >= 4 is 0 Å². The second kappa shape index (κ2) is 5.66. The van der Waals surface area contributed by atoms with Gasteiger partial charge in [-0.1, -0.05) is 12.1 Å². The number of hydrogen-bond acceptors (Lipinski definition) is 4. The van der Waals surface area contributed by atoms with Gasteiger partial charge in [-0.05, 0) is 47.4 Å². The number of fused-ring (bicyclic) bond motifs is 1. The van der Waals surface area contributed by atoms with E-state index in [1.54, 1.807) is 26.4 Å². The van der Waals surface area contributed by atoms with Crippen LogP contribution in [0.4, 0.5) is 0 Å². The lowest BCUT2D eigenvalue weighted by Crippen LogP contribution is -2.30. The first-order valence-corrected chi connectivity index (χ1v) is 7.00. The first-order valence-electron chi connectivity index (χ1n) is 7.00. The van der Waals surface area contributed by atoms with Crippen molar-refractivity contribution in [3.8, 4) is 17.2 Å². The fourth-order valence-electron chi connectivity index (χ4n) is 2.85. The van der Waals surface area contributed by atoms with E-state index in [0.717, 1.165) is 30.0 Å². The second-order valence-corrected chi connectivity index (χ2v) is 5.13. The number of nitrogens with one attached hydrogen (secondary N) is 1. The molecule has 0 unspecified atom stereocenters. The van der Waals surface area contributed by atoms with Crippen molar-refractivity contribution in [3.63, 3.8) is 0 Å². The number of hydrogen-bond donors (Lipinski definition) is 2. The SMILES string of the molecule is COc1cc2c(cc1OC)[C@@H](c1ccc(O)cc1)NCC2. The van der Waals surface area contributed by atoms with Crippen LogP contribution in [0.2, 0.25) is 0 Å². The van der Waals surface area contributed by atoms with E-state index >= 15 is 0 Å². The highest BCUT2D eigenvalue weighted by molar-refractivity contribution is 5.51. The van der Waals surface area contributed by atoms with Crippen LogP contribution < -0.4 is 14.8 Å². The summed E-state index contributed by atoms with van der Waals surface area (Å²) in [5.74, 6) is 1.79. The molecule has 0 aliphatic carbocycles. The maximum atomic E-state index is 9.44. The van der Waals surface area contributed by atoms with E-state index in [2.05, 4.69) is 11.4 Å². The van der Waals surface area contributed by atoms with Gasteiger partial charge in [0.1, 0.15) is 5.75 Å². The summed E-state index contributed by atoms with van der Waals surface area (Å²) in [5, 5.41) is 13.0. The van der Waals surface area contributed by atoms with Crippen LogP contribution in [0.3, 0.4) is 0 Å². The molecule has 0 fully saturated rings. The Kier molecular flexibility index (Phi) is 3.71. The van der Waals surface area contributed by atoms with Gasteiger partial charge < -0.3 is 19.9 Å². The van der Waals surface area contributed by atoms with E-state index in [0.29, 0.717) is 0 Å². The van der Waals surface area contributed by atoms with Gasteiger partial charge >= 0.3 is 0 Å². The molecule has 0 saturated heterocycles. The molecule has 1 atom stereocenters. The van der Waals surface area contributed by atoms with Crippen molar-refractivity contribution in [2.75, 3.05) is 20.8 Å². The van der Waals surface area contributed by atoms with Crippen LogP contribution in [-0.4, -0.2) is 25.9 Å². The fourth-order valence-corrected chi connectivity index (χ4v) is 2.85. The zero-order chi connectivity index (χ0) is 14.8. The predicted octanol–water partition coefficient (Wildman–Crippen LogP) is 2.64. The summed E-state index contributed by atoms with van der Waals surface area (Å²) >= 11 is 0. The second-order valence-electron chi connectivity index (χ2n) is 5.13. The third-order valence-corrected chi connectivity index (χ3v) is 3.93.